The van der Waals surface area contributed by atoms with Crippen LogP contribution in [0.2, 0.25) is 0 Å². The summed E-state index contributed by atoms with van der Waals surface area (Å²) in [5.74, 6) is 1.75. The Morgan fingerprint density at radius 3 is 1.60 bits per heavy atom. The molecule has 3 heteroatoms. The predicted molar refractivity (Wildman–Crippen MR) is 129 cm³/mol. The van der Waals surface area contributed by atoms with Crippen molar-refractivity contribution in [2.75, 3.05) is 20.7 Å². The van der Waals surface area contributed by atoms with Gasteiger partial charge in [0.25, 0.3) is 5.91 Å². The van der Waals surface area contributed by atoms with E-state index in [0.29, 0.717) is 5.56 Å². The van der Waals surface area contributed by atoms with E-state index in [1.807, 2.05) is 24.3 Å². The molecule has 0 aliphatic heterocycles. The smallest absolute Gasteiger partial charge is 0.253 e. The van der Waals surface area contributed by atoms with E-state index in [0.717, 1.165) is 24.7 Å². The Hall–Kier alpha value is -1.51. The molecule has 0 heterocycles. The Morgan fingerprint density at radius 2 is 1.17 bits per heavy atom. The highest BCUT2D eigenvalue weighted by Gasteiger charge is 2.07. The van der Waals surface area contributed by atoms with Crippen LogP contribution in [-0.4, -0.2) is 31.5 Å². The third-order valence-electron chi connectivity index (χ3n) is 5.70. The van der Waals surface area contributed by atoms with E-state index in [-0.39, 0.29) is 5.91 Å². The normalized spacial score (nSPS) is 11.1. The van der Waals surface area contributed by atoms with Gasteiger partial charge in [0.05, 0.1) is 6.61 Å². The van der Waals surface area contributed by atoms with Gasteiger partial charge in [-0.05, 0) is 36.6 Å². The number of ether oxygens (including phenoxy) is 1. The summed E-state index contributed by atoms with van der Waals surface area (Å²) in [5, 5.41) is 0. The van der Waals surface area contributed by atoms with Crippen molar-refractivity contribution in [3.63, 3.8) is 0 Å². The molecule has 1 aromatic rings. The summed E-state index contributed by atoms with van der Waals surface area (Å²) in [7, 11) is 3.53. The summed E-state index contributed by atoms with van der Waals surface area (Å²) in [5.41, 5.74) is 0.703. The maximum Gasteiger partial charge on any atom is 0.253 e. The van der Waals surface area contributed by atoms with E-state index < -0.39 is 0 Å². The van der Waals surface area contributed by atoms with Gasteiger partial charge in [0, 0.05) is 19.7 Å². The van der Waals surface area contributed by atoms with Crippen LogP contribution < -0.4 is 4.74 Å². The Labute approximate surface area is 186 Å². The minimum Gasteiger partial charge on any atom is -0.494 e. The zero-order chi connectivity index (χ0) is 22.0. The van der Waals surface area contributed by atoms with Gasteiger partial charge < -0.3 is 9.64 Å². The summed E-state index contributed by atoms with van der Waals surface area (Å²) < 4.78 is 5.79. The molecule has 0 bridgehead atoms. The summed E-state index contributed by atoms with van der Waals surface area (Å²) in [6.45, 7) is 5.41. The molecule has 1 amide bonds. The van der Waals surface area contributed by atoms with Gasteiger partial charge in [-0.3, -0.25) is 4.79 Å². The molecule has 0 unspecified atom stereocenters. The Kier molecular flexibility index (Phi) is 15.2. The van der Waals surface area contributed by atoms with E-state index in [4.69, 9.17) is 4.74 Å². The standard InChI is InChI=1S/C27H47NO2/c1-24(2)18-16-14-12-10-8-6-5-7-9-11-13-15-17-23-30-26-21-19-25(20-22-26)27(29)28(3)4/h19-22,24H,5-18,23H2,1-4H3. The van der Waals surface area contributed by atoms with Gasteiger partial charge >= 0.3 is 0 Å². The second kappa shape index (κ2) is 17.2. The van der Waals surface area contributed by atoms with Crippen molar-refractivity contribution in [1.29, 1.82) is 0 Å². The van der Waals surface area contributed by atoms with Crippen molar-refractivity contribution < 1.29 is 9.53 Å². The molecule has 0 aromatic heterocycles. The summed E-state index contributed by atoms with van der Waals surface area (Å²) in [4.78, 5) is 13.5. The first kappa shape index (κ1) is 26.5. The quantitative estimate of drug-likeness (QED) is 0.227. The number of benzene rings is 1. The van der Waals surface area contributed by atoms with Gasteiger partial charge in [-0.15, -0.1) is 0 Å². The van der Waals surface area contributed by atoms with Crippen LogP contribution in [0, 0.1) is 5.92 Å². The topological polar surface area (TPSA) is 29.5 Å². The first-order valence-corrected chi connectivity index (χ1v) is 12.4. The molecule has 1 aromatic carbocycles. The molecule has 0 fully saturated rings. The van der Waals surface area contributed by atoms with Gasteiger partial charge in [-0.25, -0.2) is 0 Å². The number of hydrogen-bond donors (Lipinski definition) is 0. The van der Waals surface area contributed by atoms with Crippen LogP contribution in [0.1, 0.15) is 114 Å². The molecule has 0 spiro atoms. The molecule has 172 valence electrons. The van der Waals surface area contributed by atoms with Crippen molar-refractivity contribution >= 4 is 5.91 Å². The van der Waals surface area contributed by atoms with Gasteiger partial charge in [-0.2, -0.15) is 0 Å². The van der Waals surface area contributed by atoms with Crippen molar-refractivity contribution in [2.45, 2.75) is 104 Å². The number of carbonyl (C=O) groups excluding carboxylic acids is 1. The zero-order valence-corrected chi connectivity index (χ0v) is 20.3. The van der Waals surface area contributed by atoms with Gasteiger partial charge in [0.15, 0.2) is 0 Å². The van der Waals surface area contributed by atoms with E-state index in [2.05, 4.69) is 13.8 Å². The number of amides is 1. The Balaban J connectivity index is 1.86. The molecule has 0 saturated carbocycles. The monoisotopic (exact) mass is 417 g/mol. The van der Waals surface area contributed by atoms with E-state index in [1.165, 1.54) is 83.5 Å². The van der Waals surface area contributed by atoms with Crippen molar-refractivity contribution in [3.05, 3.63) is 29.8 Å². The lowest BCUT2D eigenvalue weighted by atomic mass is 10.0. The number of carbonyl (C=O) groups is 1. The number of nitrogens with zero attached hydrogens (tertiary/aromatic N) is 1. The fourth-order valence-electron chi connectivity index (χ4n) is 3.74. The van der Waals surface area contributed by atoms with Crippen LogP contribution in [0.4, 0.5) is 0 Å². The Morgan fingerprint density at radius 1 is 0.733 bits per heavy atom. The van der Waals surface area contributed by atoms with Crippen molar-refractivity contribution in [1.82, 2.24) is 4.90 Å². The van der Waals surface area contributed by atoms with Crippen molar-refractivity contribution in [2.24, 2.45) is 5.92 Å². The minimum absolute atomic E-state index is 0.0265. The van der Waals surface area contributed by atoms with Crippen LogP contribution in [0.15, 0.2) is 24.3 Å². The molecule has 0 N–H and O–H groups in total. The third-order valence-corrected chi connectivity index (χ3v) is 5.70. The lowest BCUT2D eigenvalue weighted by Gasteiger charge is -2.11. The fourth-order valence-corrected chi connectivity index (χ4v) is 3.74. The largest absolute Gasteiger partial charge is 0.494 e. The highest BCUT2D eigenvalue weighted by Crippen LogP contribution is 2.16. The zero-order valence-electron chi connectivity index (χ0n) is 20.3. The van der Waals surface area contributed by atoms with Crippen LogP contribution in [0.3, 0.4) is 0 Å². The molecule has 0 radical (unpaired) electrons. The molecular formula is C27H47NO2. The number of unbranched alkanes of at least 4 members (excludes halogenated alkanes) is 12. The van der Waals surface area contributed by atoms with E-state index in [1.54, 1.807) is 19.0 Å². The first-order chi connectivity index (χ1) is 14.5. The molecule has 0 aliphatic carbocycles. The molecule has 30 heavy (non-hydrogen) atoms. The molecule has 0 atom stereocenters. The average Bonchev–Trinajstić information content (AvgIpc) is 2.73. The van der Waals surface area contributed by atoms with Crippen molar-refractivity contribution in [3.8, 4) is 5.75 Å². The molecule has 1 rings (SSSR count). The molecular weight excluding hydrogens is 370 g/mol. The average molecular weight is 418 g/mol. The lowest BCUT2D eigenvalue weighted by molar-refractivity contribution is 0.0827. The van der Waals surface area contributed by atoms with Gasteiger partial charge in [-0.1, -0.05) is 97.3 Å². The lowest BCUT2D eigenvalue weighted by Crippen LogP contribution is -2.21. The fraction of sp³-hybridized carbons (Fsp3) is 0.741. The summed E-state index contributed by atoms with van der Waals surface area (Å²) in [6, 6.07) is 7.46. The molecule has 3 nitrogen and oxygen atoms in total. The molecule has 0 saturated heterocycles. The summed E-state index contributed by atoms with van der Waals surface area (Å²) >= 11 is 0. The van der Waals surface area contributed by atoms with E-state index >= 15 is 0 Å². The van der Waals surface area contributed by atoms with Gasteiger partial charge in [0.2, 0.25) is 0 Å². The molecule has 0 aliphatic rings. The highest BCUT2D eigenvalue weighted by atomic mass is 16.5. The number of rotatable bonds is 18. The highest BCUT2D eigenvalue weighted by molar-refractivity contribution is 5.93. The maximum absolute atomic E-state index is 11.9. The SMILES string of the molecule is CC(C)CCCCCCCCCCCCCCCOc1ccc(C(=O)N(C)C)cc1. The van der Waals surface area contributed by atoms with Crippen LogP contribution in [0.5, 0.6) is 5.75 Å². The van der Waals surface area contributed by atoms with Crippen LogP contribution in [0.25, 0.3) is 0 Å². The van der Waals surface area contributed by atoms with Crippen LogP contribution >= 0.6 is 0 Å². The van der Waals surface area contributed by atoms with Gasteiger partial charge in [0.1, 0.15) is 5.75 Å². The third kappa shape index (κ3) is 13.7. The van der Waals surface area contributed by atoms with E-state index in [9.17, 15) is 4.79 Å². The number of hydrogen-bond acceptors (Lipinski definition) is 2. The maximum atomic E-state index is 11.9. The van der Waals surface area contributed by atoms with Crippen LogP contribution in [-0.2, 0) is 0 Å². The minimum atomic E-state index is 0.0265. The first-order valence-electron chi connectivity index (χ1n) is 12.4. The second-order valence-electron chi connectivity index (χ2n) is 9.35. The second-order valence-corrected chi connectivity index (χ2v) is 9.35. The Bertz CT molecular complexity index is 536. The summed E-state index contributed by atoms with van der Waals surface area (Å²) in [6.07, 6.45) is 19.2. The predicted octanol–water partition coefficient (Wildman–Crippen LogP) is 7.88.